The van der Waals surface area contributed by atoms with E-state index in [1.807, 2.05) is 0 Å². The van der Waals surface area contributed by atoms with Crippen molar-refractivity contribution >= 4 is 22.7 Å². The molecule has 0 unspecified atom stereocenters. The van der Waals surface area contributed by atoms with E-state index in [0.717, 1.165) is 6.07 Å². The van der Waals surface area contributed by atoms with Crippen molar-refractivity contribution in [1.29, 1.82) is 0 Å². The summed E-state index contributed by atoms with van der Waals surface area (Å²) in [5, 5.41) is 31.9. The maximum absolute atomic E-state index is 10.6. The Kier molecular flexibility index (Phi) is 2.89. The largest absolute Gasteiger partial charge is 0.387 e. The third-order valence-corrected chi connectivity index (χ3v) is 2.04. The first kappa shape index (κ1) is 12.3. The normalized spacial score (nSPS) is 9.94. The number of rotatable bonds is 3. The summed E-state index contributed by atoms with van der Waals surface area (Å²) >= 11 is 0. The quantitative estimate of drug-likeness (QED) is 0.475. The number of nitro benzene ring substituents is 3. The lowest BCUT2D eigenvalue weighted by molar-refractivity contribution is -0.423. The third-order valence-electron chi connectivity index (χ3n) is 2.04. The molecular formula is C7H6N4O6. The van der Waals surface area contributed by atoms with Crippen molar-refractivity contribution in [3.05, 3.63) is 42.0 Å². The van der Waals surface area contributed by atoms with Gasteiger partial charge in [0.15, 0.2) is 5.69 Å². The molecule has 0 saturated carbocycles. The van der Waals surface area contributed by atoms with E-state index in [-0.39, 0.29) is 5.56 Å². The van der Waals surface area contributed by atoms with Crippen molar-refractivity contribution in [2.24, 2.45) is 0 Å². The van der Waals surface area contributed by atoms with Crippen molar-refractivity contribution in [3.8, 4) is 0 Å². The first-order chi connectivity index (χ1) is 7.77. The summed E-state index contributed by atoms with van der Waals surface area (Å²) in [7, 11) is 0. The van der Waals surface area contributed by atoms with Gasteiger partial charge in [-0.05, 0) is 6.92 Å². The molecule has 0 aliphatic rings. The molecule has 10 nitrogen and oxygen atoms in total. The van der Waals surface area contributed by atoms with Gasteiger partial charge in [-0.1, -0.05) is 0 Å². The van der Waals surface area contributed by atoms with E-state index < -0.39 is 37.5 Å². The van der Waals surface area contributed by atoms with Crippen molar-refractivity contribution < 1.29 is 14.8 Å². The number of nitrogens with two attached hydrogens (primary N) is 1. The highest BCUT2D eigenvalue weighted by Gasteiger charge is 2.35. The number of nitro groups is 3. The Hall–Kier alpha value is -2.78. The summed E-state index contributed by atoms with van der Waals surface area (Å²) < 4.78 is 0. The molecule has 0 heterocycles. The van der Waals surface area contributed by atoms with E-state index in [1.165, 1.54) is 6.92 Å². The van der Waals surface area contributed by atoms with E-state index in [4.69, 9.17) is 5.73 Å². The van der Waals surface area contributed by atoms with Gasteiger partial charge in [-0.3, -0.25) is 30.3 Å². The van der Waals surface area contributed by atoms with Crippen LogP contribution in [0, 0.1) is 37.3 Å². The molecule has 0 saturated heterocycles. The van der Waals surface area contributed by atoms with Crippen LogP contribution in [0.4, 0.5) is 22.7 Å². The minimum absolute atomic E-state index is 0.107. The number of aryl methyl sites for hydroxylation is 1. The predicted octanol–water partition coefficient (Wildman–Crippen LogP) is 1.30. The maximum Gasteiger partial charge on any atom is 0.375 e. The van der Waals surface area contributed by atoms with Crippen LogP contribution in [-0.2, 0) is 0 Å². The Morgan fingerprint density at radius 2 is 1.47 bits per heavy atom. The average Bonchev–Trinajstić information content (AvgIpc) is 2.14. The Morgan fingerprint density at radius 3 is 1.82 bits per heavy atom. The molecule has 0 atom stereocenters. The van der Waals surface area contributed by atoms with Gasteiger partial charge >= 0.3 is 17.1 Å². The molecule has 0 radical (unpaired) electrons. The van der Waals surface area contributed by atoms with Crippen LogP contribution in [0.15, 0.2) is 6.07 Å². The molecule has 0 aliphatic carbocycles. The van der Waals surface area contributed by atoms with Gasteiger partial charge in [0.1, 0.15) is 0 Å². The molecule has 1 rings (SSSR count). The molecule has 0 aliphatic heterocycles. The number of nitrogen functional groups attached to an aromatic ring is 1. The van der Waals surface area contributed by atoms with Gasteiger partial charge in [-0.2, -0.15) is 0 Å². The molecule has 0 amide bonds. The van der Waals surface area contributed by atoms with Crippen molar-refractivity contribution in [3.63, 3.8) is 0 Å². The summed E-state index contributed by atoms with van der Waals surface area (Å²) in [4.78, 5) is 28.8. The van der Waals surface area contributed by atoms with Crippen LogP contribution in [0.2, 0.25) is 0 Å². The van der Waals surface area contributed by atoms with E-state index in [2.05, 4.69) is 0 Å². The van der Waals surface area contributed by atoms with Gasteiger partial charge in [0.05, 0.1) is 14.8 Å². The number of hydrogen-bond acceptors (Lipinski definition) is 7. The van der Waals surface area contributed by atoms with Gasteiger partial charge in [-0.15, -0.1) is 0 Å². The fourth-order valence-corrected chi connectivity index (χ4v) is 1.38. The summed E-state index contributed by atoms with van der Waals surface area (Å²) in [5.74, 6) is 0. The highest BCUT2D eigenvalue weighted by molar-refractivity contribution is 5.80. The van der Waals surface area contributed by atoms with Gasteiger partial charge in [0.2, 0.25) is 0 Å². The first-order valence-electron chi connectivity index (χ1n) is 4.13. The van der Waals surface area contributed by atoms with Gasteiger partial charge < -0.3 is 5.73 Å². The topological polar surface area (TPSA) is 155 Å². The Labute approximate surface area is 93.1 Å². The molecule has 1 aromatic rings. The average molecular weight is 242 g/mol. The summed E-state index contributed by atoms with van der Waals surface area (Å²) in [6, 6.07) is 0.757. The number of benzene rings is 1. The molecular weight excluding hydrogens is 236 g/mol. The molecule has 0 aromatic heterocycles. The summed E-state index contributed by atoms with van der Waals surface area (Å²) in [6.45, 7) is 1.21. The number of nitrogens with zero attached hydrogens (tertiary/aromatic N) is 3. The zero-order valence-corrected chi connectivity index (χ0v) is 8.45. The smallest absolute Gasteiger partial charge is 0.375 e. The lowest BCUT2D eigenvalue weighted by Crippen LogP contribution is -2.06. The third kappa shape index (κ3) is 1.95. The highest BCUT2D eigenvalue weighted by Crippen LogP contribution is 2.41. The van der Waals surface area contributed by atoms with Crippen molar-refractivity contribution in [2.45, 2.75) is 6.92 Å². The van der Waals surface area contributed by atoms with Crippen LogP contribution < -0.4 is 5.73 Å². The van der Waals surface area contributed by atoms with Crippen LogP contribution in [0.5, 0.6) is 0 Å². The predicted molar refractivity (Wildman–Crippen MR) is 55.6 cm³/mol. The second kappa shape index (κ2) is 4.00. The molecule has 1 aromatic carbocycles. The maximum atomic E-state index is 10.6. The van der Waals surface area contributed by atoms with Crippen LogP contribution in [0.3, 0.4) is 0 Å². The second-order valence-electron chi connectivity index (χ2n) is 3.09. The summed E-state index contributed by atoms with van der Waals surface area (Å²) in [5.41, 5.74) is 1.70. The molecule has 17 heavy (non-hydrogen) atoms. The number of anilines is 1. The van der Waals surface area contributed by atoms with Crippen LogP contribution in [0.1, 0.15) is 5.56 Å². The molecule has 2 N–H and O–H groups in total. The van der Waals surface area contributed by atoms with Crippen LogP contribution >= 0.6 is 0 Å². The van der Waals surface area contributed by atoms with Gasteiger partial charge in [-0.25, -0.2) is 0 Å². The zero-order valence-electron chi connectivity index (χ0n) is 8.45. The van der Waals surface area contributed by atoms with Crippen LogP contribution in [-0.4, -0.2) is 14.8 Å². The lowest BCUT2D eigenvalue weighted by Gasteiger charge is -2.02. The Balaban J connectivity index is 3.76. The first-order valence-corrected chi connectivity index (χ1v) is 4.13. The van der Waals surface area contributed by atoms with Gasteiger partial charge in [0.25, 0.3) is 0 Å². The van der Waals surface area contributed by atoms with Crippen molar-refractivity contribution in [1.82, 2.24) is 0 Å². The minimum atomic E-state index is -1.11. The Bertz CT molecular complexity index is 540. The highest BCUT2D eigenvalue weighted by atomic mass is 16.6. The molecule has 0 fully saturated rings. The molecule has 0 bridgehead atoms. The monoisotopic (exact) mass is 242 g/mol. The van der Waals surface area contributed by atoms with Crippen LogP contribution in [0.25, 0.3) is 0 Å². The Morgan fingerprint density at radius 1 is 1.00 bits per heavy atom. The van der Waals surface area contributed by atoms with Crippen molar-refractivity contribution in [2.75, 3.05) is 5.73 Å². The fourth-order valence-electron chi connectivity index (χ4n) is 1.38. The SMILES string of the molecule is Cc1cc([N+](=O)[O-])c([N+](=O)[O-])c(N)c1[N+](=O)[O-]. The number of hydrogen-bond donors (Lipinski definition) is 1. The second-order valence-corrected chi connectivity index (χ2v) is 3.09. The zero-order chi connectivity index (χ0) is 13.3. The lowest BCUT2D eigenvalue weighted by atomic mass is 10.1. The fraction of sp³-hybridized carbons (Fsp3) is 0.143. The molecule has 0 spiro atoms. The minimum Gasteiger partial charge on any atom is -0.387 e. The molecule has 10 heteroatoms. The standard InChI is InChI=1S/C7H6N4O6/c1-3-2-4(9(12)13)7(11(16)17)5(8)6(3)10(14)15/h2H,8H2,1H3. The van der Waals surface area contributed by atoms with E-state index in [9.17, 15) is 30.3 Å². The molecule has 90 valence electrons. The summed E-state index contributed by atoms with van der Waals surface area (Å²) in [6.07, 6.45) is 0. The van der Waals surface area contributed by atoms with E-state index in [1.54, 1.807) is 0 Å². The van der Waals surface area contributed by atoms with Gasteiger partial charge in [0, 0.05) is 11.6 Å². The van der Waals surface area contributed by atoms with E-state index in [0.29, 0.717) is 0 Å². The van der Waals surface area contributed by atoms with E-state index >= 15 is 0 Å².